The van der Waals surface area contributed by atoms with Crippen molar-refractivity contribution in [3.05, 3.63) is 17.1 Å². The Labute approximate surface area is 144 Å². The molecule has 0 bridgehead atoms. The molecule has 6 nitrogen and oxygen atoms in total. The van der Waals surface area contributed by atoms with Crippen LogP contribution in [0.15, 0.2) is 0 Å². The quantitative estimate of drug-likeness (QED) is 0.915. The first-order valence-electron chi connectivity index (χ1n) is 9.07. The van der Waals surface area contributed by atoms with Crippen molar-refractivity contribution in [3.63, 3.8) is 0 Å². The molecule has 3 rings (SSSR count). The number of nitrogens with one attached hydrogen (secondary N) is 1. The number of carbonyl (C=O) groups excluding carboxylic acids is 1. The molecular formula is C18H29N5O. The van der Waals surface area contributed by atoms with E-state index in [1.165, 1.54) is 19.3 Å². The topological polar surface area (TPSA) is 61.4 Å². The largest absolute Gasteiger partial charge is 0.355 e. The highest BCUT2D eigenvalue weighted by atomic mass is 16.1. The van der Waals surface area contributed by atoms with Crippen LogP contribution in [0.25, 0.3) is 0 Å². The van der Waals surface area contributed by atoms with Crippen molar-refractivity contribution in [2.45, 2.75) is 51.5 Å². The summed E-state index contributed by atoms with van der Waals surface area (Å²) in [7, 11) is 4.30. The number of hydrogen-bond donors (Lipinski definition) is 1. The summed E-state index contributed by atoms with van der Waals surface area (Å²) < 4.78 is 0. The Kier molecular flexibility index (Phi) is 5.04. The molecule has 1 fully saturated rings. The number of anilines is 1. The van der Waals surface area contributed by atoms with Gasteiger partial charge in [-0.3, -0.25) is 4.79 Å². The molecule has 0 spiro atoms. The Bertz CT molecular complexity index is 614. The van der Waals surface area contributed by atoms with Gasteiger partial charge < -0.3 is 15.1 Å². The lowest BCUT2D eigenvalue weighted by atomic mass is 10.0. The lowest BCUT2D eigenvalue weighted by Crippen LogP contribution is -2.41. The molecule has 0 aliphatic carbocycles. The van der Waals surface area contributed by atoms with E-state index in [-0.39, 0.29) is 11.8 Å². The van der Waals surface area contributed by atoms with Crippen molar-refractivity contribution < 1.29 is 4.79 Å². The fourth-order valence-electron chi connectivity index (χ4n) is 3.54. The number of fused-ring (bicyclic) bond motifs is 1. The van der Waals surface area contributed by atoms with Crippen LogP contribution in [-0.2, 0) is 6.42 Å². The molecule has 1 aromatic rings. The maximum Gasteiger partial charge on any atom is 0.270 e. The van der Waals surface area contributed by atoms with E-state index in [0.29, 0.717) is 18.3 Å². The molecule has 3 heterocycles. The molecule has 132 valence electrons. The average molecular weight is 331 g/mol. The zero-order valence-electron chi connectivity index (χ0n) is 15.3. The molecular weight excluding hydrogens is 302 g/mol. The summed E-state index contributed by atoms with van der Waals surface area (Å²) in [6.45, 7) is 6.81. The van der Waals surface area contributed by atoms with E-state index >= 15 is 0 Å². The van der Waals surface area contributed by atoms with Crippen LogP contribution in [0.4, 0.5) is 5.82 Å². The SMILES string of the molecule is CC(C)c1nc2c(c(N3CCCC[C@H](N(C)C)C3)n1)CCNC2=O. The van der Waals surface area contributed by atoms with E-state index in [4.69, 9.17) is 4.98 Å². The van der Waals surface area contributed by atoms with Gasteiger partial charge in [0.25, 0.3) is 5.91 Å². The third-order valence-corrected chi connectivity index (χ3v) is 5.07. The molecule has 2 aliphatic heterocycles. The maximum atomic E-state index is 12.3. The number of carbonyl (C=O) groups is 1. The molecule has 0 saturated carbocycles. The minimum absolute atomic E-state index is 0.0548. The molecule has 24 heavy (non-hydrogen) atoms. The first-order chi connectivity index (χ1) is 11.5. The number of nitrogens with zero attached hydrogens (tertiary/aromatic N) is 4. The maximum absolute atomic E-state index is 12.3. The van der Waals surface area contributed by atoms with Crippen molar-refractivity contribution in [2.24, 2.45) is 0 Å². The molecule has 1 atom stereocenters. The summed E-state index contributed by atoms with van der Waals surface area (Å²) in [5, 5.41) is 2.92. The van der Waals surface area contributed by atoms with Gasteiger partial charge in [-0.05, 0) is 33.4 Å². The number of rotatable bonds is 3. The van der Waals surface area contributed by atoms with Gasteiger partial charge in [0.05, 0.1) is 0 Å². The van der Waals surface area contributed by atoms with E-state index in [0.717, 1.165) is 36.7 Å². The number of aromatic nitrogens is 2. The van der Waals surface area contributed by atoms with Gasteiger partial charge in [0.15, 0.2) is 0 Å². The van der Waals surface area contributed by atoms with Crippen LogP contribution < -0.4 is 10.2 Å². The Hall–Kier alpha value is -1.69. The molecule has 0 radical (unpaired) electrons. The van der Waals surface area contributed by atoms with E-state index in [1.54, 1.807) is 0 Å². The predicted molar refractivity (Wildman–Crippen MR) is 95.7 cm³/mol. The molecule has 1 amide bonds. The van der Waals surface area contributed by atoms with Crippen LogP contribution in [0.1, 0.15) is 60.9 Å². The third-order valence-electron chi connectivity index (χ3n) is 5.07. The van der Waals surface area contributed by atoms with Crippen LogP contribution >= 0.6 is 0 Å². The van der Waals surface area contributed by atoms with Gasteiger partial charge in [-0.15, -0.1) is 0 Å². The van der Waals surface area contributed by atoms with Gasteiger partial charge in [-0.25, -0.2) is 9.97 Å². The lowest BCUT2D eigenvalue weighted by molar-refractivity contribution is 0.0940. The van der Waals surface area contributed by atoms with E-state index in [2.05, 4.69) is 48.0 Å². The highest BCUT2D eigenvalue weighted by Gasteiger charge is 2.29. The standard InChI is InChI=1S/C18H29N5O/c1-12(2)16-20-15-14(8-9-19-18(15)24)17(21-16)23-10-6-5-7-13(11-23)22(3)4/h12-13H,5-11H2,1-4H3,(H,19,24)/t13-/m0/s1. The Morgan fingerprint density at radius 1 is 1.25 bits per heavy atom. The molecule has 1 N–H and O–H groups in total. The number of amides is 1. The average Bonchev–Trinajstić information content (AvgIpc) is 2.80. The minimum Gasteiger partial charge on any atom is -0.355 e. The first-order valence-corrected chi connectivity index (χ1v) is 9.07. The Morgan fingerprint density at radius 2 is 2.04 bits per heavy atom. The summed E-state index contributed by atoms with van der Waals surface area (Å²) in [4.78, 5) is 26.5. The molecule has 0 aromatic carbocycles. The summed E-state index contributed by atoms with van der Waals surface area (Å²) in [6.07, 6.45) is 4.45. The van der Waals surface area contributed by atoms with Crippen LogP contribution in [0.5, 0.6) is 0 Å². The van der Waals surface area contributed by atoms with Crippen molar-refractivity contribution >= 4 is 11.7 Å². The normalized spacial score (nSPS) is 21.7. The summed E-state index contributed by atoms with van der Waals surface area (Å²) in [6, 6.07) is 0.526. The minimum atomic E-state index is -0.0548. The van der Waals surface area contributed by atoms with Gasteiger partial charge in [-0.2, -0.15) is 0 Å². The summed E-state index contributed by atoms with van der Waals surface area (Å²) in [5.41, 5.74) is 1.61. The fourth-order valence-corrected chi connectivity index (χ4v) is 3.54. The molecule has 2 aliphatic rings. The van der Waals surface area contributed by atoms with Crippen LogP contribution in [-0.4, -0.2) is 60.5 Å². The van der Waals surface area contributed by atoms with Gasteiger partial charge in [0, 0.05) is 37.2 Å². The van der Waals surface area contributed by atoms with Crippen molar-refractivity contribution in [2.75, 3.05) is 38.6 Å². The van der Waals surface area contributed by atoms with Crippen LogP contribution in [0.2, 0.25) is 0 Å². The molecule has 1 aromatic heterocycles. The monoisotopic (exact) mass is 331 g/mol. The van der Waals surface area contributed by atoms with E-state index in [9.17, 15) is 4.79 Å². The van der Waals surface area contributed by atoms with Gasteiger partial charge in [0.1, 0.15) is 17.3 Å². The third kappa shape index (κ3) is 3.38. The zero-order chi connectivity index (χ0) is 17.3. The van der Waals surface area contributed by atoms with Crippen LogP contribution in [0.3, 0.4) is 0 Å². The first kappa shape index (κ1) is 17.1. The van der Waals surface area contributed by atoms with Gasteiger partial charge >= 0.3 is 0 Å². The van der Waals surface area contributed by atoms with Crippen molar-refractivity contribution in [3.8, 4) is 0 Å². The smallest absolute Gasteiger partial charge is 0.270 e. The molecule has 0 unspecified atom stereocenters. The van der Waals surface area contributed by atoms with E-state index < -0.39 is 0 Å². The summed E-state index contributed by atoms with van der Waals surface area (Å²) >= 11 is 0. The summed E-state index contributed by atoms with van der Waals surface area (Å²) in [5.74, 6) is 1.92. The Morgan fingerprint density at radius 3 is 2.75 bits per heavy atom. The zero-order valence-corrected chi connectivity index (χ0v) is 15.3. The second kappa shape index (κ2) is 7.05. The second-order valence-corrected chi connectivity index (χ2v) is 7.45. The number of likely N-dealkylation sites (N-methyl/N-ethyl adjacent to an activating group) is 1. The van der Waals surface area contributed by atoms with Crippen LogP contribution in [0, 0.1) is 0 Å². The predicted octanol–water partition coefficient (Wildman–Crippen LogP) is 1.81. The van der Waals surface area contributed by atoms with Crippen molar-refractivity contribution in [1.29, 1.82) is 0 Å². The highest BCUT2D eigenvalue weighted by Crippen LogP contribution is 2.28. The highest BCUT2D eigenvalue weighted by molar-refractivity contribution is 5.96. The second-order valence-electron chi connectivity index (χ2n) is 7.45. The number of hydrogen-bond acceptors (Lipinski definition) is 5. The lowest BCUT2D eigenvalue weighted by Gasteiger charge is -2.32. The molecule has 1 saturated heterocycles. The fraction of sp³-hybridized carbons (Fsp3) is 0.722. The van der Waals surface area contributed by atoms with E-state index in [1.807, 2.05) is 0 Å². The van der Waals surface area contributed by atoms with Gasteiger partial charge in [0.2, 0.25) is 0 Å². The Balaban J connectivity index is 2.03. The van der Waals surface area contributed by atoms with Crippen molar-refractivity contribution in [1.82, 2.24) is 20.2 Å². The van der Waals surface area contributed by atoms with Gasteiger partial charge in [-0.1, -0.05) is 20.3 Å². The molecule has 6 heteroatoms.